The Kier molecular flexibility index (Phi) is 4.44. The Labute approximate surface area is 115 Å². The van der Waals surface area contributed by atoms with E-state index in [-0.39, 0.29) is 5.41 Å². The molecular formula is C15H26N2S. The summed E-state index contributed by atoms with van der Waals surface area (Å²) in [6, 6.07) is 0.464. The van der Waals surface area contributed by atoms with Gasteiger partial charge < -0.3 is 5.32 Å². The number of nitrogens with zero attached hydrogens (tertiary/aromatic N) is 1. The van der Waals surface area contributed by atoms with Crippen molar-refractivity contribution in [2.24, 2.45) is 5.92 Å². The maximum Gasteiger partial charge on any atom is 0.110 e. The molecule has 3 heteroatoms. The molecule has 2 nitrogen and oxygen atoms in total. The molecule has 0 amide bonds. The Morgan fingerprint density at radius 2 is 1.94 bits per heavy atom. The predicted octanol–water partition coefficient (Wildman–Crippen LogP) is 4.28. The summed E-state index contributed by atoms with van der Waals surface area (Å²) >= 11 is 1.83. The van der Waals surface area contributed by atoms with E-state index in [1.807, 2.05) is 11.3 Å². The molecule has 1 aromatic heterocycles. The third-order valence-corrected chi connectivity index (χ3v) is 4.92. The minimum absolute atomic E-state index is 0.166. The Hall–Kier alpha value is -0.410. The van der Waals surface area contributed by atoms with E-state index in [0.29, 0.717) is 6.04 Å². The highest BCUT2D eigenvalue weighted by Crippen LogP contribution is 2.36. The number of aromatic nitrogens is 1. The van der Waals surface area contributed by atoms with E-state index < -0.39 is 0 Å². The molecule has 0 bridgehead atoms. The average Bonchev–Trinajstić information content (AvgIpc) is 2.81. The molecule has 1 aliphatic rings. The molecule has 1 saturated carbocycles. The van der Waals surface area contributed by atoms with Crippen LogP contribution in [-0.4, -0.2) is 12.0 Å². The van der Waals surface area contributed by atoms with Gasteiger partial charge in [-0.25, -0.2) is 4.98 Å². The molecule has 1 aromatic rings. The molecule has 0 saturated heterocycles. The van der Waals surface area contributed by atoms with Crippen LogP contribution >= 0.6 is 11.3 Å². The van der Waals surface area contributed by atoms with Gasteiger partial charge in [-0.15, -0.1) is 11.3 Å². The van der Waals surface area contributed by atoms with E-state index in [1.54, 1.807) is 0 Å². The highest BCUT2D eigenvalue weighted by molar-refractivity contribution is 7.09. The van der Waals surface area contributed by atoms with Crippen molar-refractivity contribution in [3.63, 3.8) is 0 Å². The molecule has 1 aliphatic carbocycles. The quantitative estimate of drug-likeness (QED) is 0.883. The van der Waals surface area contributed by atoms with E-state index in [0.717, 1.165) is 5.92 Å². The van der Waals surface area contributed by atoms with Crippen LogP contribution in [0.4, 0.5) is 0 Å². The van der Waals surface area contributed by atoms with Crippen molar-refractivity contribution in [3.05, 3.63) is 16.1 Å². The summed E-state index contributed by atoms with van der Waals surface area (Å²) in [4.78, 5) is 4.88. The average molecular weight is 266 g/mol. The molecule has 1 unspecified atom stereocenters. The molecule has 1 N–H and O–H groups in total. The van der Waals surface area contributed by atoms with E-state index in [1.165, 1.54) is 42.8 Å². The van der Waals surface area contributed by atoms with Crippen LogP contribution in [0.25, 0.3) is 0 Å². The lowest BCUT2D eigenvalue weighted by molar-refractivity contribution is 0.280. The number of hydrogen-bond donors (Lipinski definition) is 1. The molecule has 0 aromatic carbocycles. The predicted molar refractivity (Wildman–Crippen MR) is 79.2 cm³/mol. The highest BCUT2D eigenvalue weighted by Gasteiger charge is 2.27. The van der Waals surface area contributed by atoms with Crippen LogP contribution < -0.4 is 5.32 Å². The van der Waals surface area contributed by atoms with Crippen LogP contribution in [0, 0.1) is 5.92 Å². The van der Waals surface area contributed by atoms with Gasteiger partial charge in [-0.3, -0.25) is 0 Å². The molecule has 2 rings (SSSR count). The van der Waals surface area contributed by atoms with Gasteiger partial charge in [-0.1, -0.05) is 40.0 Å². The Morgan fingerprint density at radius 1 is 1.28 bits per heavy atom. The maximum atomic E-state index is 4.88. The highest BCUT2D eigenvalue weighted by atomic mass is 32.1. The summed E-state index contributed by atoms with van der Waals surface area (Å²) in [5, 5.41) is 7.03. The van der Waals surface area contributed by atoms with Crippen molar-refractivity contribution in [1.29, 1.82) is 0 Å². The summed E-state index contributed by atoms with van der Waals surface area (Å²) in [6.45, 7) is 6.71. The second kappa shape index (κ2) is 5.70. The van der Waals surface area contributed by atoms with E-state index in [4.69, 9.17) is 4.98 Å². The van der Waals surface area contributed by atoms with Crippen LogP contribution in [0.5, 0.6) is 0 Å². The first kappa shape index (κ1) is 14.0. The van der Waals surface area contributed by atoms with Crippen molar-refractivity contribution in [1.82, 2.24) is 10.3 Å². The zero-order chi connectivity index (χ0) is 13.2. The SMILES string of the molecule is CNC(c1nc(C(C)(C)C)cs1)C1CCCCC1. The maximum absolute atomic E-state index is 4.88. The fourth-order valence-corrected chi connectivity index (χ4v) is 4.05. The van der Waals surface area contributed by atoms with Crippen molar-refractivity contribution < 1.29 is 0 Å². The van der Waals surface area contributed by atoms with E-state index in [9.17, 15) is 0 Å². The minimum atomic E-state index is 0.166. The Bertz CT molecular complexity index is 372. The summed E-state index contributed by atoms with van der Waals surface area (Å²) < 4.78 is 0. The molecule has 1 atom stereocenters. The van der Waals surface area contributed by atoms with Crippen LogP contribution in [0.2, 0.25) is 0 Å². The minimum Gasteiger partial charge on any atom is -0.311 e. The number of thiazole rings is 1. The first-order chi connectivity index (χ1) is 8.52. The van der Waals surface area contributed by atoms with Gasteiger partial charge in [0.05, 0.1) is 11.7 Å². The molecule has 102 valence electrons. The monoisotopic (exact) mass is 266 g/mol. The molecule has 18 heavy (non-hydrogen) atoms. The van der Waals surface area contributed by atoms with Crippen LogP contribution in [0.15, 0.2) is 5.38 Å². The molecule has 0 radical (unpaired) electrons. The summed E-state index contributed by atoms with van der Waals surface area (Å²) in [7, 11) is 2.08. The number of rotatable bonds is 3. The standard InChI is InChI=1S/C15H26N2S/c1-15(2,3)12-10-18-14(17-12)13(16-4)11-8-6-5-7-9-11/h10-11,13,16H,5-9H2,1-4H3. The van der Waals surface area contributed by atoms with Gasteiger partial charge >= 0.3 is 0 Å². The van der Waals surface area contributed by atoms with E-state index >= 15 is 0 Å². The van der Waals surface area contributed by atoms with Crippen molar-refractivity contribution in [2.75, 3.05) is 7.05 Å². The lowest BCUT2D eigenvalue weighted by Gasteiger charge is -2.28. The van der Waals surface area contributed by atoms with E-state index in [2.05, 4.69) is 38.5 Å². The zero-order valence-corrected chi connectivity index (χ0v) is 12.9. The Balaban J connectivity index is 2.14. The molecule has 0 spiro atoms. The normalized spacial score (nSPS) is 20.0. The van der Waals surface area contributed by atoms with Gasteiger partial charge in [0.25, 0.3) is 0 Å². The first-order valence-corrected chi connectivity index (χ1v) is 8.03. The molecule has 0 aliphatic heterocycles. The molecule has 1 fully saturated rings. The van der Waals surface area contributed by atoms with Gasteiger partial charge in [-0.2, -0.15) is 0 Å². The summed E-state index contributed by atoms with van der Waals surface area (Å²) in [5.41, 5.74) is 1.40. The first-order valence-electron chi connectivity index (χ1n) is 7.15. The van der Waals surface area contributed by atoms with Gasteiger partial charge in [0.15, 0.2) is 0 Å². The lowest BCUT2D eigenvalue weighted by Crippen LogP contribution is -2.27. The zero-order valence-electron chi connectivity index (χ0n) is 12.1. The lowest BCUT2D eigenvalue weighted by atomic mass is 9.84. The number of nitrogens with one attached hydrogen (secondary N) is 1. The fraction of sp³-hybridized carbons (Fsp3) is 0.800. The second-order valence-corrected chi connectivity index (χ2v) is 7.38. The summed E-state index contributed by atoms with van der Waals surface area (Å²) in [5.74, 6) is 0.780. The van der Waals surface area contributed by atoms with Crippen molar-refractivity contribution >= 4 is 11.3 Å². The third-order valence-electron chi connectivity index (χ3n) is 3.99. The fourth-order valence-electron chi connectivity index (χ4n) is 2.80. The Morgan fingerprint density at radius 3 is 2.44 bits per heavy atom. The third kappa shape index (κ3) is 3.12. The van der Waals surface area contributed by atoms with Crippen LogP contribution in [0.1, 0.15) is 69.6 Å². The number of hydrogen-bond acceptors (Lipinski definition) is 3. The summed E-state index contributed by atoms with van der Waals surface area (Å²) in [6.07, 6.45) is 6.91. The topological polar surface area (TPSA) is 24.9 Å². The van der Waals surface area contributed by atoms with Crippen molar-refractivity contribution in [2.45, 2.75) is 64.3 Å². The van der Waals surface area contributed by atoms with Crippen LogP contribution in [0.3, 0.4) is 0 Å². The van der Waals surface area contributed by atoms with Gasteiger partial charge in [0.1, 0.15) is 5.01 Å². The van der Waals surface area contributed by atoms with Gasteiger partial charge in [-0.05, 0) is 25.8 Å². The smallest absolute Gasteiger partial charge is 0.110 e. The van der Waals surface area contributed by atoms with Crippen LogP contribution in [-0.2, 0) is 5.41 Å². The second-order valence-electron chi connectivity index (χ2n) is 6.49. The molecule has 1 heterocycles. The van der Waals surface area contributed by atoms with Crippen molar-refractivity contribution in [3.8, 4) is 0 Å². The van der Waals surface area contributed by atoms with Gasteiger partial charge in [0.2, 0.25) is 0 Å². The van der Waals surface area contributed by atoms with Gasteiger partial charge in [0, 0.05) is 10.8 Å². The molecular weight excluding hydrogens is 240 g/mol. The largest absolute Gasteiger partial charge is 0.311 e.